The number of carbonyl (C=O) groups excluding carboxylic acids is 1. The molecule has 1 aliphatic rings. The van der Waals surface area contributed by atoms with E-state index in [-0.39, 0.29) is 5.91 Å². The summed E-state index contributed by atoms with van der Waals surface area (Å²) in [5.74, 6) is 0.805. The number of nitrogens with one attached hydrogen (secondary N) is 1. The predicted molar refractivity (Wildman–Crippen MR) is 90.6 cm³/mol. The van der Waals surface area contributed by atoms with E-state index in [2.05, 4.69) is 20.2 Å². The quantitative estimate of drug-likeness (QED) is 0.904. The van der Waals surface area contributed by atoms with E-state index in [1.165, 1.54) is 0 Å². The lowest BCUT2D eigenvalue weighted by Crippen LogP contribution is -2.37. The minimum absolute atomic E-state index is 0.269. The first-order chi connectivity index (χ1) is 11.8. The lowest BCUT2D eigenvalue weighted by atomic mass is 10.2. The van der Waals surface area contributed by atoms with Crippen LogP contribution in [0.5, 0.6) is 5.88 Å². The highest BCUT2D eigenvalue weighted by Gasteiger charge is 2.19. The van der Waals surface area contributed by atoms with Gasteiger partial charge in [0.1, 0.15) is 5.56 Å². The highest BCUT2D eigenvalue weighted by molar-refractivity contribution is 6.07. The molecule has 2 aromatic rings. The molecule has 7 nitrogen and oxygen atoms in total. The van der Waals surface area contributed by atoms with Crippen LogP contribution in [0.1, 0.15) is 17.3 Å². The minimum Gasteiger partial charge on any atom is -0.477 e. The normalized spacial score (nSPS) is 14.3. The summed E-state index contributed by atoms with van der Waals surface area (Å²) in [7, 11) is 0. The summed E-state index contributed by atoms with van der Waals surface area (Å²) in [5.41, 5.74) is 1.06. The second kappa shape index (κ2) is 7.74. The Balaban J connectivity index is 1.82. The summed E-state index contributed by atoms with van der Waals surface area (Å²) >= 11 is 0. The Kier molecular flexibility index (Phi) is 5.22. The largest absolute Gasteiger partial charge is 0.477 e. The number of morpholine rings is 1. The summed E-state index contributed by atoms with van der Waals surface area (Å²) < 4.78 is 10.8. The molecular formula is C17H20N4O3. The number of aromatic nitrogens is 2. The Bertz CT molecular complexity index is 702. The summed E-state index contributed by atoms with van der Waals surface area (Å²) in [4.78, 5) is 23.3. The van der Waals surface area contributed by atoms with Gasteiger partial charge in [-0.2, -0.15) is 0 Å². The number of hydrogen-bond acceptors (Lipinski definition) is 6. The highest BCUT2D eigenvalue weighted by atomic mass is 16.5. The van der Waals surface area contributed by atoms with Crippen LogP contribution in [0, 0.1) is 0 Å². The van der Waals surface area contributed by atoms with Crippen molar-refractivity contribution in [3.05, 3.63) is 42.2 Å². The molecule has 0 saturated carbocycles. The molecule has 0 spiro atoms. The van der Waals surface area contributed by atoms with Crippen molar-refractivity contribution >= 4 is 17.4 Å². The summed E-state index contributed by atoms with van der Waals surface area (Å²) in [6, 6.07) is 7.04. The van der Waals surface area contributed by atoms with Gasteiger partial charge in [0, 0.05) is 25.5 Å². The first-order valence-corrected chi connectivity index (χ1v) is 7.96. The van der Waals surface area contributed by atoms with E-state index in [4.69, 9.17) is 9.47 Å². The van der Waals surface area contributed by atoms with Crippen molar-refractivity contribution in [2.45, 2.75) is 6.92 Å². The van der Waals surface area contributed by atoms with Crippen molar-refractivity contribution in [3.63, 3.8) is 0 Å². The first-order valence-electron chi connectivity index (χ1n) is 7.96. The third-order valence-corrected chi connectivity index (χ3v) is 3.64. The van der Waals surface area contributed by atoms with E-state index in [0.717, 1.165) is 18.9 Å². The molecule has 2 aromatic heterocycles. The van der Waals surface area contributed by atoms with Gasteiger partial charge in [0.2, 0.25) is 5.88 Å². The van der Waals surface area contributed by atoms with Crippen molar-refractivity contribution < 1.29 is 14.3 Å². The van der Waals surface area contributed by atoms with E-state index in [1.54, 1.807) is 30.6 Å². The molecule has 0 aromatic carbocycles. The van der Waals surface area contributed by atoms with Crippen LogP contribution in [-0.4, -0.2) is 48.8 Å². The Morgan fingerprint density at radius 1 is 1.25 bits per heavy atom. The standard InChI is InChI=1S/C17H20N4O3/c1-2-24-17-13(5-3-8-19-17)16(22)20-14-6-4-7-18-15(14)21-9-11-23-12-10-21/h3-8H,2,9-12H2,1H3,(H,20,22). The second-order valence-corrected chi connectivity index (χ2v) is 5.22. The van der Waals surface area contributed by atoms with Crippen molar-refractivity contribution in [2.24, 2.45) is 0 Å². The zero-order valence-electron chi connectivity index (χ0n) is 13.6. The molecule has 1 fully saturated rings. The number of anilines is 2. The smallest absolute Gasteiger partial charge is 0.261 e. The molecule has 0 radical (unpaired) electrons. The van der Waals surface area contributed by atoms with Crippen LogP contribution in [0.25, 0.3) is 0 Å². The number of pyridine rings is 2. The van der Waals surface area contributed by atoms with Crippen LogP contribution in [0.4, 0.5) is 11.5 Å². The molecule has 1 aliphatic heterocycles. The maximum atomic E-state index is 12.6. The van der Waals surface area contributed by atoms with Crippen molar-refractivity contribution in [3.8, 4) is 5.88 Å². The molecule has 24 heavy (non-hydrogen) atoms. The third-order valence-electron chi connectivity index (χ3n) is 3.64. The fraction of sp³-hybridized carbons (Fsp3) is 0.353. The third kappa shape index (κ3) is 3.62. The second-order valence-electron chi connectivity index (χ2n) is 5.22. The number of nitrogens with zero attached hydrogens (tertiary/aromatic N) is 3. The average Bonchev–Trinajstić information content (AvgIpc) is 2.63. The van der Waals surface area contributed by atoms with Gasteiger partial charge in [-0.25, -0.2) is 9.97 Å². The fourth-order valence-electron chi connectivity index (χ4n) is 2.53. The molecule has 126 valence electrons. The molecule has 7 heteroatoms. The molecule has 1 amide bonds. The van der Waals surface area contributed by atoms with Crippen LogP contribution in [-0.2, 0) is 4.74 Å². The van der Waals surface area contributed by atoms with Gasteiger partial charge in [-0.1, -0.05) is 0 Å². The molecule has 0 bridgehead atoms. The Morgan fingerprint density at radius 2 is 2.00 bits per heavy atom. The number of carbonyl (C=O) groups is 1. The van der Waals surface area contributed by atoms with Gasteiger partial charge in [-0.05, 0) is 31.2 Å². The number of ether oxygens (including phenoxy) is 2. The number of amides is 1. The highest BCUT2D eigenvalue weighted by Crippen LogP contribution is 2.25. The van der Waals surface area contributed by atoms with Crippen LogP contribution >= 0.6 is 0 Å². The zero-order chi connectivity index (χ0) is 16.8. The van der Waals surface area contributed by atoms with Gasteiger partial charge < -0.3 is 19.7 Å². The van der Waals surface area contributed by atoms with E-state index < -0.39 is 0 Å². The van der Waals surface area contributed by atoms with Crippen molar-refractivity contribution in [1.82, 2.24) is 9.97 Å². The minimum atomic E-state index is -0.269. The Labute approximate surface area is 140 Å². The average molecular weight is 328 g/mol. The predicted octanol–water partition coefficient (Wildman–Crippen LogP) is 1.96. The van der Waals surface area contributed by atoms with Gasteiger partial charge in [0.05, 0.1) is 25.5 Å². The van der Waals surface area contributed by atoms with Crippen LogP contribution in [0.15, 0.2) is 36.7 Å². The number of hydrogen-bond donors (Lipinski definition) is 1. The fourth-order valence-corrected chi connectivity index (χ4v) is 2.53. The topological polar surface area (TPSA) is 76.6 Å². The summed E-state index contributed by atoms with van der Waals surface area (Å²) in [6.07, 6.45) is 3.32. The number of rotatable bonds is 5. The summed E-state index contributed by atoms with van der Waals surface area (Å²) in [5, 5.41) is 2.92. The molecule has 3 rings (SSSR count). The van der Waals surface area contributed by atoms with Gasteiger partial charge in [0.25, 0.3) is 5.91 Å². The van der Waals surface area contributed by atoms with E-state index in [0.29, 0.717) is 37.0 Å². The first kappa shape index (κ1) is 16.2. The monoisotopic (exact) mass is 328 g/mol. The maximum absolute atomic E-state index is 12.6. The van der Waals surface area contributed by atoms with Gasteiger partial charge in [0.15, 0.2) is 5.82 Å². The van der Waals surface area contributed by atoms with Crippen LogP contribution in [0.3, 0.4) is 0 Å². The van der Waals surface area contributed by atoms with Crippen LogP contribution in [0.2, 0.25) is 0 Å². The Morgan fingerprint density at radius 3 is 2.79 bits per heavy atom. The zero-order valence-corrected chi connectivity index (χ0v) is 13.6. The lowest BCUT2D eigenvalue weighted by Gasteiger charge is -2.29. The maximum Gasteiger partial charge on any atom is 0.261 e. The van der Waals surface area contributed by atoms with Gasteiger partial charge in [-0.3, -0.25) is 4.79 Å². The van der Waals surface area contributed by atoms with E-state index in [1.807, 2.05) is 13.0 Å². The van der Waals surface area contributed by atoms with Gasteiger partial charge in [-0.15, -0.1) is 0 Å². The molecule has 1 saturated heterocycles. The van der Waals surface area contributed by atoms with E-state index in [9.17, 15) is 4.79 Å². The SMILES string of the molecule is CCOc1ncccc1C(=O)Nc1cccnc1N1CCOCC1. The molecule has 0 atom stereocenters. The van der Waals surface area contributed by atoms with Crippen LogP contribution < -0.4 is 15.0 Å². The molecule has 3 heterocycles. The van der Waals surface area contributed by atoms with Crippen molar-refractivity contribution in [1.29, 1.82) is 0 Å². The molecular weight excluding hydrogens is 308 g/mol. The Hall–Kier alpha value is -2.67. The van der Waals surface area contributed by atoms with E-state index >= 15 is 0 Å². The molecule has 1 N–H and O–H groups in total. The molecule has 0 aliphatic carbocycles. The lowest BCUT2D eigenvalue weighted by molar-refractivity contribution is 0.102. The molecule has 0 unspecified atom stereocenters. The van der Waals surface area contributed by atoms with Gasteiger partial charge >= 0.3 is 0 Å². The van der Waals surface area contributed by atoms with Crippen molar-refractivity contribution in [2.75, 3.05) is 43.1 Å². The summed E-state index contributed by atoms with van der Waals surface area (Å²) in [6.45, 7) is 5.10.